The molecule has 3 heterocycles. The van der Waals surface area contributed by atoms with Crippen LogP contribution >= 0.6 is 15.9 Å². The molecule has 2 fully saturated rings. The van der Waals surface area contributed by atoms with Crippen LogP contribution in [0.1, 0.15) is 19.8 Å². The van der Waals surface area contributed by atoms with E-state index in [9.17, 15) is 4.79 Å². The first-order valence-corrected chi connectivity index (χ1v) is 8.68. The Morgan fingerprint density at radius 2 is 2.05 bits per heavy atom. The number of hydrogen-bond donors (Lipinski definition) is 0. The highest BCUT2D eigenvalue weighted by Gasteiger charge is 2.28. The van der Waals surface area contributed by atoms with Crippen LogP contribution < -0.4 is 10.5 Å². The zero-order valence-corrected chi connectivity index (χ0v) is 14.8. The van der Waals surface area contributed by atoms with Crippen molar-refractivity contribution >= 4 is 21.6 Å². The van der Waals surface area contributed by atoms with Crippen molar-refractivity contribution < 1.29 is 4.74 Å². The second-order valence-corrected chi connectivity index (χ2v) is 6.96. The van der Waals surface area contributed by atoms with E-state index in [2.05, 4.69) is 37.8 Å². The minimum Gasteiger partial charge on any atom is -0.376 e. The van der Waals surface area contributed by atoms with Gasteiger partial charge in [0.2, 0.25) is 0 Å². The zero-order valence-electron chi connectivity index (χ0n) is 13.2. The fourth-order valence-electron chi connectivity index (χ4n) is 3.37. The predicted molar refractivity (Wildman–Crippen MR) is 89.4 cm³/mol. The van der Waals surface area contributed by atoms with Gasteiger partial charge in [-0.3, -0.25) is 9.69 Å². The number of halogens is 1. The molecule has 0 N–H and O–H groups in total. The smallest absolute Gasteiger partial charge is 0.282 e. The predicted octanol–water partition coefficient (Wildman–Crippen LogP) is 1.23. The highest BCUT2D eigenvalue weighted by Crippen LogP contribution is 2.27. The summed E-state index contributed by atoms with van der Waals surface area (Å²) in [5.74, 6) is 0. The Hall–Kier alpha value is -0.920. The summed E-state index contributed by atoms with van der Waals surface area (Å²) in [5.41, 5.74) is 0.832. The van der Waals surface area contributed by atoms with Crippen LogP contribution in [-0.4, -0.2) is 59.6 Å². The molecule has 1 aromatic heterocycles. The summed E-state index contributed by atoms with van der Waals surface area (Å²) in [6.45, 7) is 6.97. The molecule has 0 radical (unpaired) electrons. The van der Waals surface area contributed by atoms with Crippen molar-refractivity contribution in [2.24, 2.45) is 7.05 Å². The first-order chi connectivity index (χ1) is 10.6. The fourth-order valence-corrected chi connectivity index (χ4v) is 3.98. The van der Waals surface area contributed by atoms with Crippen molar-refractivity contribution in [1.29, 1.82) is 0 Å². The molecule has 0 bridgehead atoms. The van der Waals surface area contributed by atoms with Crippen LogP contribution in [0.25, 0.3) is 0 Å². The Bertz CT molecular complexity index is 583. The van der Waals surface area contributed by atoms with E-state index in [1.807, 2.05) is 0 Å². The first-order valence-electron chi connectivity index (χ1n) is 7.88. The summed E-state index contributed by atoms with van der Waals surface area (Å²) in [5, 5.41) is 4.14. The molecule has 22 heavy (non-hydrogen) atoms. The van der Waals surface area contributed by atoms with E-state index in [1.54, 1.807) is 13.2 Å². The number of piperidine rings is 1. The molecule has 0 aromatic carbocycles. The van der Waals surface area contributed by atoms with E-state index in [-0.39, 0.29) is 5.56 Å². The van der Waals surface area contributed by atoms with Crippen LogP contribution in [0.5, 0.6) is 0 Å². The number of hydrogen-bond acceptors (Lipinski definition) is 5. The Kier molecular flexibility index (Phi) is 4.84. The monoisotopic (exact) mass is 370 g/mol. The van der Waals surface area contributed by atoms with E-state index in [0.717, 1.165) is 51.3 Å². The van der Waals surface area contributed by atoms with Crippen LogP contribution in [0.4, 0.5) is 5.69 Å². The highest BCUT2D eigenvalue weighted by molar-refractivity contribution is 9.10. The summed E-state index contributed by atoms with van der Waals surface area (Å²) in [7, 11) is 1.67. The standard InChI is InChI=1S/C15H23BrN4O2/c1-11-10-20(7-8-22-11)12-3-5-19(6-4-12)13-9-17-18(2)15(21)14(13)16/h9,11-12H,3-8,10H2,1-2H3. The molecule has 0 aliphatic carbocycles. The molecule has 122 valence electrons. The molecular formula is C15H23BrN4O2. The van der Waals surface area contributed by atoms with Crippen LogP contribution in [0, 0.1) is 0 Å². The van der Waals surface area contributed by atoms with Crippen LogP contribution in [0.15, 0.2) is 15.5 Å². The SMILES string of the molecule is CC1CN(C2CCN(c3cnn(C)c(=O)c3Br)CC2)CCO1. The van der Waals surface area contributed by atoms with E-state index in [4.69, 9.17) is 4.74 Å². The third kappa shape index (κ3) is 3.21. The van der Waals surface area contributed by atoms with Gasteiger partial charge in [-0.2, -0.15) is 5.10 Å². The Morgan fingerprint density at radius 1 is 1.32 bits per heavy atom. The molecule has 1 atom stereocenters. The number of aryl methyl sites for hydroxylation is 1. The molecule has 0 amide bonds. The topological polar surface area (TPSA) is 50.6 Å². The normalized spacial score (nSPS) is 24.7. The van der Waals surface area contributed by atoms with E-state index in [1.165, 1.54) is 4.68 Å². The van der Waals surface area contributed by atoms with Gasteiger partial charge in [0.25, 0.3) is 5.56 Å². The van der Waals surface area contributed by atoms with Gasteiger partial charge in [-0.25, -0.2) is 4.68 Å². The van der Waals surface area contributed by atoms with Gasteiger partial charge in [0, 0.05) is 39.3 Å². The lowest BCUT2D eigenvalue weighted by Gasteiger charge is -2.42. The summed E-state index contributed by atoms with van der Waals surface area (Å²) in [6.07, 6.45) is 4.35. The molecule has 7 heteroatoms. The molecule has 2 saturated heterocycles. The van der Waals surface area contributed by atoms with Crippen molar-refractivity contribution in [2.75, 3.05) is 37.7 Å². The van der Waals surface area contributed by atoms with Gasteiger partial charge in [0.15, 0.2) is 0 Å². The van der Waals surface area contributed by atoms with Crippen molar-refractivity contribution in [3.05, 3.63) is 21.0 Å². The second kappa shape index (κ2) is 6.68. The lowest BCUT2D eigenvalue weighted by molar-refractivity contribution is -0.0373. The molecule has 2 aliphatic rings. The fraction of sp³-hybridized carbons (Fsp3) is 0.733. The number of rotatable bonds is 2. The van der Waals surface area contributed by atoms with Gasteiger partial charge >= 0.3 is 0 Å². The van der Waals surface area contributed by atoms with Crippen molar-refractivity contribution in [2.45, 2.75) is 31.9 Å². The van der Waals surface area contributed by atoms with Gasteiger partial charge in [-0.1, -0.05) is 0 Å². The third-order valence-electron chi connectivity index (χ3n) is 4.65. The number of anilines is 1. The third-order valence-corrected chi connectivity index (χ3v) is 5.40. The van der Waals surface area contributed by atoms with E-state index < -0.39 is 0 Å². The molecular weight excluding hydrogens is 348 g/mol. The van der Waals surface area contributed by atoms with Crippen LogP contribution in [-0.2, 0) is 11.8 Å². The molecule has 0 saturated carbocycles. The van der Waals surface area contributed by atoms with Crippen molar-refractivity contribution in [3.63, 3.8) is 0 Å². The quantitative estimate of drug-likeness (QED) is 0.783. The summed E-state index contributed by atoms with van der Waals surface area (Å²) in [6, 6.07) is 0.626. The van der Waals surface area contributed by atoms with E-state index >= 15 is 0 Å². The first kappa shape index (κ1) is 16.0. The minimum atomic E-state index is -0.0818. The summed E-state index contributed by atoms with van der Waals surface area (Å²) < 4.78 is 7.60. The second-order valence-electron chi connectivity index (χ2n) is 6.17. The number of nitrogens with zero attached hydrogens (tertiary/aromatic N) is 4. The van der Waals surface area contributed by atoms with Crippen molar-refractivity contribution in [1.82, 2.24) is 14.7 Å². The molecule has 1 unspecified atom stereocenters. The van der Waals surface area contributed by atoms with Gasteiger partial charge in [-0.15, -0.1) is 0 Å². The van der Waals surface area contributed by atoms with Gasteiger partial charge in [0.05, 0.1) is 24.6 Å². The Morgan fingerprint density at radius 3 is 2.73 bits per heavy atom. The highest BCUT2D eigenvalue weighted by atomic mass is 79.9. The maximum atomic E-state index is 12.0. The zero-order chi connectivity index (χ0) is 15.7. The number of aromatic nitrogens is 2. The molecule has 3 rings (SSSR count). The Labute approximate surface area is 139 Å². The van der Waals surface area contributed by atoms with E-state index in [0.29, 0.717) is 16.6 Å². The minimum absolute atomic E-state index is 0.0818. The largest absolute Gasteiger partial charge is 0.376 e. The molecule has 1 aromatic rings. The number of ether oxygens (including phenoxy) is 1. The molecule has 0 spiro atoms. The van der Waals surface area contributed by atoms with Gasteiger partial charge in [0.1, 0.15) is 4.47 Å². The van der Waals surface area contributed by atoms with Crippen LogP contribution in [0.2, 0.25) is 0 Å². The maximum absolute atomic E-state index is 12.0. The lowest BCUT2D eigenvalue weighted by Crippen LogP contribution is -2.51. The van der Waals surface area contributed by atoms with Crippen LogP contribution in [0.3, 0.4) is 0 Å². The molecule has 2 aliphatic heterocycles. The lowest BCUT2D eigenvalue weighted by atomic mass is 10.0. The average Bonchev–Trinajstić information content (AvgIpc) is 2.53. The van der Waals surface area contributed by atoms with Gasteiger partial charge < -0.3 is 9.64 Å². The summed E-state index contributed by atoms with van der Waals surface area (Å²) >= 11 is 3.42. The van der Waals surface area contributed by atoms with Crippen molar-refractivity contribution in [3.8, 4) is 0 Å². The number of morpholine rings is 1. The molecule has 6 nitrogen and oxygen atoms in total. The Balaban J connectivity index is 1.64. The maximum Gasteiger partial charge on any atom is 0.282 e. The summed E-state index contributed by atoms with van der Waals surface area (Å²) in [4.78, 5) is 16.8. The van der Waals surface area contributed by atoms with Gasteiger partial charge in [-0.05, 0) is 35.7 Å². The average molecular weight is 371 g/mol.